The Morgan fingerprint density at radius 1 is 0.870 bits per heavy atom. The smallest absolute Gasteiger partial charge is 0.153 e. The Labute approximate surface area is 132 Å². The van der Waals surface area contributed by atoms with Gasteiger partial charge < -0.3 is 8.98 Å². The largest absolute Gasteiger partial charge is 0.454 e. The van der Waals surface area contributed by atoms with Crippen LogP contribution in [-0.4, -0.2) is 9.55 Å². The number of hydrogen-bond acceptors (Lipinski definition) is 2. The van der Waals surface area contributed by atoms with Crippen LogP contribution in [0, 0.1) is 0 Å². The van der Waals surface area contributed by atoms with Crippen molar-refractivity contribution in [3.63, 3.8) is 0 Å². The zero-order chi connectivity index (χ0) is 15.4. The highest BCUT2D eigenvalue weighted by Gasteiger charge is 2.12. The molecule has 5 rings (SSSR count). The quantitative estimate of drug-likeness (QED) is 0.429. The van der Waals surface area contributed by atoms with E-state index in [0.29, 0.717) is 0 Å². The minimum absolute atomic E-state index is 0.804. The summed E-state index contributed by atoms with van der Waals surface area (Å²) < 4.78 is 8.15. The van der Waals surface area contributed by atoms with Crippen LogP contribution >= 0.6 is 0 Å². The Bertz CT molecular complexity index is 1150. The molecular weight excluding hydrogens is 284 g/mol. The average molecular weight is 298 g/mol. The lowest BCUT2D eigenvalue weighted by Crippen LogP contribution is -1.88. The summed E-state index contributed by atoms with van der Waals surface area (Å²) in [4.78, 5) is 4.63. The van der Waals surface area contributed by atoms with Gasteiger partial charge in [0.05, 0.1) is 5.52 Å². The highest BCUT2D eigenvalue weighted by atomic mass is 16.3. The number of para-hydroxylation sites is 2. The number of fused-ring (bicyclic) bond motifs is 4. The van der Waals surface area contributed by atoms with Gasteiger partial charge in [-0.15, -0.1) is 0 Å². The van der Waals surface area contributed by atoms with Crippen LogP contribution in [0.2, 0.25) is 0 Å². The minimum Gasteiger partial charge on any atom is -0.454 e. The zero-order valence-corrected chi connectivity index (χ0v) is 12.7. The molecule has 0 saturated heterocycles. The second-order valence-corrected chi connectivity index (χ2v) is 5.81. The summed E-state index contributed by atoms with van der Waals surface area (Å²) in [5.74, 6) is 0.804. The summed E-state index contributed by atoms with van der Waals surface area (Å²) in [5, 5.41) is 3.50. The summed E-state index contributed by atoms with van der Waals surface area (Å²) in [5.41, 5.74) is 4.13. The van der Waals surface area contributed by atoms with Gasteiger partial charge in [0, 0.05) is 34.9 Å². The van der Waals surface area contributed by atoms with Crippen molar-refractivity contribution in [3.05, 3.63) is 66.9 Å². The number of benzene rings is 2. The Morgan fingerprint density at radius 2 is 1.70 bits per heavy atom. The summed E-state index contributed by atoms with van der Waals surface area (Å²) >= 11 is 0. The molecule has 0 fully saturated rings. The first kappa shape index (κ1) is 12.5. The normalized spacial score (nSPS) is 11.7. The Kier molecular flexibility index (Phi) is 2.42. The van der Waals surface area contributed by atoms with E-state index in [1.165, 1.54) is 16.3 Å². The van der Waals surface area contributed by atoms with E-state index in [-0.39, 0.29) is 0 Å². The second kappa shape index (κ2) is 4.46. The number of furan rings is 1. The highest BCUT2D eigenvalue weighted by molar-refractivity contribution is 6.08. The molecule has 3 heteroatoms. The van der Waals surface area contributed by atoms with Crippen LogP contribution in [0.25, 0.3) is 44.2 Å². The molecule has 0 bridgehead atoms. The highest BCUT2D eigenvalue weighted by Crippen LogP contribution is 2.32. The van der Waals surface area contributed by atoms with Gasteiger partial charge in [0.25, 0.3) is 0 Å². The predicted molar refractivity (Wildman–Crippen MR) is 93.4 cm³/mol. The number of aryl methyl sites for hydroxylation is 1. The van der Waals surface area contributed by atoms with E-state index in [1.54, 1.807) is 0 Å². The van der Waals surface area contributed by atoms with Crippen LogP contribution in [0.4, 0.5) is 0 Å². The maximum atomic E-state index is 5.95. The van der Waals surface area contributed by atoms with E-state index in [2.05, 4.69) is 53.0 Å². The van der Waals surface area contributed by atoms with Gasteiger partial charge in [0.1, 0.15) is 11.3 Å². The van der Waals surface area contributed by atoms with E-state index in [1.807, 2.05) is 30.5 Å². The lowest BCUT2D eigenvalue weighted by atomic mass is 10.2. The van der Waals surface area contributed by atoms with Crippen LogP contribution in [0.3, 0.4) is 0 Å². The molecular formula is C20H14N2O. The molecule has 0 atom stereocenters. The summed E-state index contributed by atoms with van der Waals surface area (Å²) in [6.45, 7) is 0. The molecule has 0 unspecified atom stereocenters. The molecule has 3 nitrogen and oxygen atoms in total. The van der Waals surface area contributed by atoms with E-state index in [0.717, 1.165) is 27.9 Å². The predicted octanol–water partition coefficient (Wildman–Crippen LogP) is 5.14. The number of pyridine rings is 1. The topological polar surface area (TPSA) is 31.0 Å². The van der Waals surface area contributed by atoms with Crippen molar-refractivity contribution in [1.29, 1.82) is 0 Å². The van der Waals surface area contributed by atoms with Crippen molar-refractivity contribution in [1.82, 2.24) is 9.55 Å². The van der Waals surface area contributed by atoms with E-state index in [4.69, 9.17) is 4.42 Å². The number of aromatic nitrogens is 2. The van der Waals surface area contributed by atoms with Gasteiger partial charge in [0.15, 0.2) is 5.76 Å². The van der Waals surface area contributed by atoms with E-state index < -0.39 is 0 Å². The van der Waals surface area contributed by atoms with Crippen LogP contribution < -0.4 is 0 Å². The van der Waals surface area contributed by atoms with Gasteiger partial charge in [-0.2, -0.15) is 0 Å². The number of nitrogens with zero attached hydrogens (tertiary/aromatic N) is 2. The molecule has 3 aromatic heterocycles. The Hall–Kier alpha value is -3.07. The molecule has 0 aliphatic heterocycles. The molecule has 2 aromatic carbocycles. The summed E-state index contributed by atoms with van der Waals surface area (Å²) in [7, 11) is 2.09. The van der Waals surface area contributed by atoms with Gasteiger partial charge in [0.2, 0.25) is 0 Å². The second-order valence-electron chi connectivity index (χ2n) is 5.81. The first-order chi connectivity index (χ1) is 11.3. The molecule has 0 amide bonds. The fourth-order valence-corrected chi connectivity index (χ4v) is 3.30. The van der Waals surface area contributed by atoms with Gasteiger partial charge in [-0.25, -0.2) is 0 Å². The fourth-order valence-electron chi connectivity index (χ4n) is 3.30. The Morgan fingerprint density at radius 3 is 2.61 bits per heavy atom. The van der Waals surface area contributed by atoms with Crippen LogP contribution in [0.15, 0.2) is 71.3 Å². The molecule has 0 aliphatic rings. The standard InChI is InChI=1S/C20H14N2O/c1-22-17-8-4-3-7-14(17)15-12-21-16(11-18(15)22)20-10-13-6-2-5-9-19(13)23-20/h2-12H,1H3. The van der Waals surface area contributed by atoms with Crippen molar-refractivity contribution in [2.24, 2.45) is 7.05 Å². The molecule has 0 aliphatic carbocycles. The maximum Gasteiger partial charge on any atom is 0.153 e. The van der Waals surface area contributed by atoms with Crippen molar-refractivity contribution in [2.45, 2.75) is 0 Å². The summed E-state index contributed by atoms with van der Waals surface area (Å²) in [6, 6.07) is 20.6. The average Bonchev–Trinajstić information content (AvgIpc) is 3.15. The van der Waals surface area contributed by atoms with Crippen molar-refractivity contribution < 1.29 is 4.42 Å². The molecule has 3 heterocycles. The fraction of sp³-hybridized carbons (Fsp3) is 0.0500. The third-order valence-corrected chi connectivity index (χ3v) is 4.48. The van der Waals surface area contributed by atoms with Gasteiger partial charge in [-0.1, -0.05) is 36.4 Å². The SMILES string of the molecule is Cn1c2ccccc2c2cnc(-c3cc4ccccc4o3)cc21. The van der Waals surface area contributed by atoms with Gasteiger partial charge in [-0.3, -0.25) is 4.98 Å². The molecule has 0 saturated carbocycles. The lowest BCUT2D eigenvalue weighted by molar-refractivity contribution is 0.629. The first-order valence-electron chi connectivity index (χ1n) is 7.63. The Balaban J connectivity index is 1.79. The summed E-state index contributed by atoms with van der Waals surface area (Å²) in [6.07, 6.45) is 1.94. The minimum atomic E-state index is 0.804. The molecule has 110 valence electrons. The number of rotatable bonds is 1. The van der Waals surface area contributed by atoms with Crippen LogP contribution in [0.5, 0.6) is 0 Å². The van der Waals surface area contributed by atoms with Gasteiger partial charge in [-0.05, 0) is 24.3 Å². The van der Waals surface area contributed by atoms with Crippen molar-refractivity contribution in [2.75, 3.05) is 0 Å². The monoisotopic (exact) mass is 298 g/mol. The molecule has 0 N–H and O–H groups in total. The lowest BCUT2D eigenvalue weighted by Gasteiger charge is -1.99. The van der Waals surface area contributed by atoms with Crippen molar-refractivity contribution >= 4 is 32.8 Å². The third kappa shape index (κ3) is 1.73. The third-order valence-electron chi connectivity index (χ3n) is 4.48. The van der Waals surface area contributed by atoms with E-state index >= 15 is 0 Å². The van der Waals surface area contributed by atoms with E-state index in [9.17, 15) is 0 Å². The molecule has 23 heavy (non-hydrogen) atoms. The maximum absolute atomic E-state index is 5.95. The first-order valence-corrected chi connectivity index (χ1v) is 7.63. The van der Waals surface area contributed by atoms with Crippen LogP contribution in [-0.2, 0) is 7.05 Å². The number of hydrogen-bond donors (Lipinski definition) is 0. The molecule has 5 aromatic rings. The molecule has 0 spiro atoms. The van der Waals surface area contributed by atoms with Crippen LogP contribution in [0.1, 0.15) is 0 Å². The van der Waals surface area contributed by atoms with Gasteiger partial charge >= 0.3 is 0 Å². The zero-order valence-electron chi connectivity index (χ0n) is 12.7. The molecule has 0 radical (unpaired) electrons. The van der Waals surface area contributed by atoms with Crippen molar-refractivity contribution in [3.8, 4) is 11.5 Å².